The number of Topliss-reactive ketones (excluding diaryl/α,β-unsaturated/α-hetero) is 1. The molecule has 3 rings (SSSR count). The lowest BCUT2D eigenvalue weighted by atomic mass is 10.1. The first-order chi connectivity index (χ1) is 13.0. The van der Waals surface area contributed by atoms with Gasteiger partial charge in [-0.2, -0.15) is 0 Å². The molecule has 0 spiro atoms. The first kappa shape index (κ1) is 18.5. The number of fused-ring (bicyclic) bond motifs is 1. The fraction of sp³-hybridized carbons (Fsp3) is 0.263. The first-order valence-corrected chi connectivity index (χ1v) is 8.05. The van der Waals surface area contributed by atoms with Gasteiger partial charge in [0, 0.05) is 0 Å². The summed E-state index contributed by atoms with van der Waals surface area (Å²) in [5.74, 6) is -0.678. The Morgan fingerprint density at radius 2 is 1.78 bits per heavy atom. The van der Waals surface area contributed by atoms with Crippen LogP contribution in [0.4, 0.5) is 4.39 Å². The van der Waals surface area contributed by atoms with E-state index in [0.29, 0.717) is 30.5 Å². The number of carbonyl (C=O) groups excluding carboxylic acids is 2. The molecule has 27 heavy (non-hydrogen) atoms. The number of rotatable bonds is 6. The molecular formula is C19H17FO7. The number of hydrogen-bond acceptors (Lipinski definition) is 7. The Labute approximate surface area is 154 Å². The monoisotopic (exact) mass is 376 g/mol. The van der Waals surface area contributed by atoms with Gasteiger partial charge < -0.3 is 23.7 Å². The molecule has 142 valence electrons. The third-order valence-corrected chi connectivity index (χ3v) is 3.86. The van der Waals surface area contributed by atoms with Gasteiger partial charge in [-0.3, -0.25) is 4.79 Å². The van der Waals surface area contributed by atoms with Crippen molar-refractivity contribution in [3.05, 3.63) is 47.3 Å². The average molecular weight is 376 g/mol. The molecule has 0 radical (unpaired) electrons. The molecule has 1 aliphatic rings. The maximum absolute atomic E-state index is 13.4. The number of benzene rings is 2. The highest BCUT2D eigenvalue weighted by atomic mass is 19.1. The lowest BCUT2D eigenvalue weighted by Crippen LogP contribution is -2.18. The quantitative estimate of drug-likeness (QED) is 0.566. The average Bonchev–Trinajstić information content (AvgIpc) is 2.70. The number of hydrogen-bond donors (Lipinski definition) is 0. The second kappa shape index (κ2) is 7.94. The number of esters is 1. The molecule has 0 saturated carbocycles. The molecule has 0 amide bonds. The standard InChI is InChI=1S/C19H17FO7/c1-23-15-4-3-12(20)9-13(15)14(21)10-27-19(22)11-7-16(24-2)18-17(8-11)25-5-6-26-18/h3-4,7-9H,5-6,10H2,1-2H3. The number of ketones is 1. The Bertz CT molecular complexity index is 861. The molecule has 2 aromatic rings. The lowest BCUT2D eigenvalue weighted by molar-refractivity contribution is 0.0472. The van der Waals surface area contributed by atoms with Crippen LogP contribution in [0, 0.1) is 5.82 Å². The van der Waals surface area contributed by atoms with Gasteiger partial charge in [0.05, 0.1) is 25.3 Å². The van der Waals surface area contributed by atoms with E-state index in [-0.39, 0.29) is 16.9 Å². The van der Waals surface area contributed by atoms with Crippen LogP contribution in [0.25, 0.3) is 0 Å². The third-order valence-electron chi connectivity index (χ3n) is 3.86. The van der Waals surface area contributed by atoms with Crippen molar-refractivity contribution in [2.45, 2.75) is 0 Å². The van der Waals surface area contributed by atoms with E-state index < -0.39 is 24.2 Å². The molecule has 0 atom stereocenters. The smallest absolute Gasteiger partial charge is 0.338 e. The van der Waals surface area contributed by atoms with Crippen molar-refractivity contribution in [1.82, 2.24) is 0 Å². The summed E-state index contributed by atoms with van der Waals surface area (Å²) in [6, 6.07) is 6.41. The van der Waals surface area contributed by atoms with Gasteiger partial charge in [0.1, 0.15) is 24.8 Å². The molecule has 0 saturated heterocycles. The van der Waals surface area contributed by atoms with Gasteiger partial charge in [0.15, 0.2) is 18.1 Å². The molecule has 2 aromatic carbocycles. The molecular weight excluding hydrogens is 359 g/mol. The van der Waals surface area contributed by atoms with E-state index in [1.165, 1.54) is 38.5 Å². The molecule has 0 fully saturated rings. The summed E-state index contributed by atoms with van der Waals surface area (Å²) in [5.41, 5.74) is 0.125. The third kappa shape index (κ3) is 3.94. The molecule has 1 aliphatic heterocycles. The van der Waals surface area contributed by atoms with Crippen molar-refractivity contribution in [2.75, 3.05) is 34.0 Å². The summed E-state index contributed by atoms with van der Waals surface area (Å²) >= 11 is 0. The number of methoxy groups -OCH3 is 2. The summed E-state index contributed by atoms with van der Waals surface area (Å²) < 4.78 is 39.6. The maximum Gasteiger partial charge on any atom is 0.338 e. The predicted octanol–water partition coefficient (Wildman–Crippen LogP) is 2.65. The summed E-state index contributed by atoms with van der Waals surface area (Å²) in [4.78, 5) is 24.6. The predicted molar refractivity (Wildman–Crippen MR) is 91.5 cm³/mol. The van der Waals surface area contributed by atoms with E-state index in [1.54, 1.807) is 0 Å². The molecule has 0 N–H and O–H groups in total. The van der Waals surface area contributed by atoms with Gasteiger partial charge in [-0.1, -0.05) is 0 Å². The van der Waals surface area contributed by atoms with E-state index in [2.05, 4.69) is 0 Å². The van der Waals surface area contributed by atoms with Crippen LogP contribution < -0.4 is 18.9 Å². The molecule has 0 aromatic heterocycles. The van der Waals surface area contributed by atoms with Crippen molar-refractivity contribution in [1.29, 1.82) is 0 Å². The zero-order chi connectivity index (χ0) is 19.4. The van der Waals surface area contributed by atoms with Crippen LogP contribution in [0.5, 0.6) is 23.0 Å². The zero-order valence-electron chi connectivity index (χ0n) is 14.7. The van der Waals surface area contributed by atoms with Crippen LogP contribution in [0.3, 0.4) is 0 Å². The Morgan fingerprint density at radius 1 is 1.04 bits per heavy atom. The van der Waals surface area contributed by atoms with Gasteiger partial charge >= 0.3 is 5.97 Å². The number of carbonyl (C=O) groups is 2. The van der Waals surface area contributed by atoms with Crippen molar-refractivity contribution in [2.24, 2.45) is 0 Å². The Balaban J connectivity index is 1.75. The fourth-order valence-corrected chi connectivity index (χ4v) is 2.58. The first-order valence-electron chi connectivity index (χ1n) is 8.05. The minimum absolute atomic E-state index is 0.00921. The van der Waals surface area contributed by atoms with Gasteiger partial charge in [0.2, 0.25) is 11.5 Å². The number of ether oxygens (including phenoxy) is 5. The van der Waals surface area contributed by atoms with E-state index in [0.717, 1.165) is 6.07 Å². The van der Waals surface area contributed by atoms with E-state index in [9.17, 15) is 14.0 Å². The van der Waals surface area contributed by atoms with Gasteiger partial charge in [-0.25, -0.2) is 9.18 Å². The normalized spacial score (nSPS) is 12.3. The van der Waals surface area contributed by atoms with Crippen molar-refractivity contribution < 1.29 is 37.7 Å². The van der Waals surface area contributed by atoms with Crippen molar-refractivity contribution in [3.63, 3.8) is 0 Å². The highest BCUT2D eigenvalue weighted by molar-refractivity contribution is 6.01. The van der Waals surface area contributed by atoms with Crippen LogP contribution >= 0.6 is 0 Å². The summed E-state index contributed by atoms with van der Waals surface area (Å²) in [6.45, 7) is 0.138. The molecule has 0 unspecified atom stereocenters. The second-order valence-corrected chi connectivity index (χ2v) is 5.55. The number of halogens is 1. The van der Waals surface area contributed by atoms with Crippen LogP contribution in [-0.2, 0) is 4.74 Å². The molecule has 1 heterocycles. The van der Waals surface area contributed by atoms with E-state index in [1.807, 2.05) is 0 Å². The van der Waals surface area contributed by atoms with E-state index in [4.69, 9.17) is 23.7 Å². The van der Waals surface area contributed by atoms with Crippen LogP contribution in [0.1, 0.15) is 20.7 Å². The SMILES string of the molecule is COc1ccc(F)cc1C(=O)COC(=O)c1cc(OC)c2c(c1)OCCO2. The lowest BCUT2D eigenvalue weighted by Gasteiger charge is -2.21. The van der Waals surface area contributed by atoms with Crippen LogP contribution in [-0.4, -0.2) is 45.8 Å². The fourth-order valence-electron chi connectivity index (χ4n) is 2.58. The van der Waals surface area contributed by atoms with Crippen LogP contribution in [0.2, 0.25) is 0 Å². The van der Waals surface area contributed by atoms with Gasteiger partial charge in [-0.15, -0.1) is 0 Å². The van der Waals surface area contributed by atoms with Crippen LogP contribution in [0.15, 0.2) is 30.3 Å². The Morgan fingerprint density at radius 3 is 2.52 bits per heavy atom. The molecule has 0 bridgehead atoms. The minimum Gasteiger partial charge on any atom is -0.496 e. The van der Waals surface area contributed by atoms with Gasteiger partial charge in [0.25, 0.3) is 0 Å². The zero-order valence-corrected chi connectivity index (χ0v) is 14.7. The summed E-state index contributed by atoms with van der Waals surface area (Å²) in [5, 5.41) is 0. The highest BCUT2D eigenvalue weighted by Gasteiger charge is 2.22. The van der Waals surface area contributed by atoms with E-state index >= 15 is 0 Å². The summed E-state index contributed by atoms with van der Waals surface area (Å²) in [6.07, 6.45) is 0. The largest absolute Gasteiger partial charge is 0.496 e. The maximum atomic E-state index is 13.4. The minimum atomic E-state index is -0.756. The topological polar surface area (TPSA) is 80.3 Å². The highest BCUT2D eigenvalue weighted by Crippen LogP contribution is 2.40. The van der Waals surface area contributed by atoms with Gasteiger partial charge in [-0.05, 0) is 30.3 Å². The molecule has 0 aliphatic carbocycles. The summed E-state index contributed by atoms with van der Waals surface area (Å²) in [7, 11) is 2.79. The Kier molecular flexibility index (Phi) is 5.44. The second-order valence-electron chi connectivity index (χ2n) is 5.55. The van der Waals surface area contributed by atoms with Crippen molar-refractivity contribution >= 4 is 11.8 Å². The van der Waals surface area contributed by atoms with Crippen molar-refractivity contribution in [3.8, 4) is 23.0 Å². The molecule has 7 nitrogen and oxygen atoms in total. The Hall–Kier alpha value is -3.29. The molecule has 8 heteroatoms.